The van der Waals surface area contributed by atoms with Crippen molar-refractivity contribution in [3.05, 3.63) is 91.0 Å². The number of benzene rings is 5. The Balaban J connectivity index is 0.000000996. The molecule has 0 radical (unpaired) electrons. The number of hydrogen-bond acceptors (Lipinski definition) is 12. The maximum absolute atomic E-state index is 11.8. The molecule has 0 atom stereocenters. The minimum absolute atomic E-state index is 0.269. The van der Waals surface area contributed by atoms with E-state index in [1.54, 1.807) is 30.3 Å². The molecule has 220 valence electrons. The molecule has 0 aliphatic heterocycles. The summed E-state index contributed by atoms with van der Waals surface area (Å²) >= 11 is 0. The molecule has 0 spiro atoms. The van der Waals surface area contributed by atoms with Gasteiger partial charge in [-0.25, -0.2) is 0 Å². The van der Waals surface area contributed by atoms with Gasteiger partial charge in [0.15, 0.2) is 0 Å². The third kappa shape index (κ3) is 7.67. The molecule has 5 rings (SSSR count). The first-order valence-corrected chi connectivity index (χ1v) is 15.6. The highest BCUT2D eigenvalue weighted by molar-refractivity contribution is 7.86. The third-order valence-corrected chi connectivity index (χ3v) is 7.53. The molecular weight excluding hydrogens is 623 g/mol. The van der Waals surface area contributed by atoms with Crippen LogP contribution in [0.2, 0.25) is 0 Å². The summed E-state index contributed by atoms with van der Waals surface area (Å²) in [5, 5.41) is 18.8. The van der Waals surface area contributed by atoms with Gasteiger partial charge < -0.3 is 5.73 Å². The zero-order chi connectivity index (χ0) is 31.4. The summed E-state index contributed by atoms with van der Waals surface area (Å²) in [6, 6.07) is 23.3. The second-order valence-corrected chi connectivity index (χ2v) is 11.8. The van der Waals surface area contributed by atoms with Crippen molar-refractivity contribution in [3.63, 3.8) is 0 Å². The minimum Gasteiger partial charge on any atom is -0.398 e. The van der Waals surface area contributed by atoms with Crippen molar-refractivity contribution in [2.45, 2.75) is 9.79 Å². The van der Waals surface area contributed by atoms with Gasteiger partial charge >= 0.3 is 10.6 Å². The van der Waals surface area contributed by atoms with Crippen molar-refractivity contribution in [2.24, 2.45) is 20.5 Å². The van der Waals surface area contributed by atoms with Gasteiger partial charge in [-0.3, -0.25) is 9.11 Å². The van der Waals surface area contributed by atoms with Crippen LogP contribution in [0.25, 0.3) is 21.5 Å². The summed E-state index contributed by atoms with van der Waals surface area (Å²) in [5.74, 6) is 0. The molecule has 14 nitrogen and oxygen atoms in total. The van der Waals surface area contributed by atoms with Crippen molar-refractivity contribution in [2.75, 3.05) is 5.73 Å². The lowest BCUT2D eigenvalue weighted by molar-refractivity contribution is 0.481. The van der Waals surface area contributed by atoms with Crippen LogP contribution < -0.4 is 5.73 Å². The first-order chi connectivity index (χ1) is 20.2. The van der Waals surface area contributed by atoms with E-state index in [1.165, 1.54) is 42.5 Å². The largest absolute Gasteiger partial charge is 0.425 e. The number of hydrogen-bond donors (Lipinski definition) is 3. The van der Waals surface area contributed by atoms with Crippen LogP contribution in [0.1, 0.15) is 0 Å². The van der Waals surface area contributed by atoms with Crippen molar-refractivity contribution < 1.29 is 38.6 Å². The van der Waals surface area contributed by atoms with Gasteiger partial charge in [0, 0.05) is 27.2 Å². The Labute approximate surface area is 245 Å². The molecule has 17 heteroatoms. The lowest BCUT2D eigenvalue weighted by Crippen LogP contribution is -1.98. The quantitative estimate of drug-likeness (QED) is 0.113. The van der Waals surface area contributed by atoms with Crippen LogP contribution in [-0.4, -0.2) is 38.6 Å². The molecule has 43 heavy (non-hydrogen) atoms. The average molecular weight is 642 g/mol. The monoisotopic (exact) mass is 641 g/mol. The highest BCUT2D eigenvalue weighted by Crippen LogP contribution is 2.38. The van der Waals surface area contributed by atoms with Crippen LogP contribution in [0.3, 0.4) is 0 Å². The first kappa shape index (κ1) is 31.0. The normalized spacial score (nSPS) is 12.0. The molecule has 0 saturated heterocycles. The molecule has 0 aliphatic rings. The molecular formula is C26H19N5O9S3. The van der Waals surface area contributed by atoms with Gasteiger partial charge in [0.05, 0.1) is 32.5 Å². The Bertz CT molecular complexity index is 2250. The van der Waals surface area contributed by atoms with Crippen molar-refractivity contribution in [1.82, 2.24) is 0 Å². The molecule has 0 amide bonds. The molecule has 0 aliphatic carbocycles. The SMILES string of the molecule is Nc1ccc(N=Nc2ccc(N=Nc3ccccc3)c3ccc(S(=O)(=O)O)cc23)c2ccc(S(=O)(=O)O)cc12.O=S(=O)=O. The molecule has 0 unspecified atom stereocenters. The number of anilines is 1. The van der Waals surface area contributed by atoms with E-state index in [-0.39, 0.29) is 21.2 Å². The lowest BCUT2D eigenvalue weighted by atomic mass is 10.1. The van der Waals surface area contributed by atoms with E-state index < -0.39 is 30.8 Å². The maximum Gasteiger partial charge on any atom is 0.425 e. The standard InChI is InChI=1S/C26H19N5O6S2.O3S/c27-23-10-11-24(19-8-6-17(14-21(19)23)38(32,33)34)30-31-26-13-12-25(29-28-16-4-2-1-3-5-16)20-9-7-18(15-22(20)26)39(35,36)37;1-4(2)3/h1-15H,27H2,(H,32,33,34)(H,35,36,37);. The number of nitrogens with two attached hydrogens (primary N) is 1. The van der Waals surface area contributed by atoms with E-state index >= 15 is 0 Å². The number of nitrogen functional groups attached to an aromatic ring is 1. The second-order valence-electron chi connectivity index (χ2n) is 8.58. The van der Waals surface area contributed by atoms with Gasteiger partial charge in [-0.05, 0) is 60.7 Å². The molecule has 0 bridgehead atoms. The molecule has 0 aromatic heterocycles. The highest BCUT2D eigenvalue weighted by atomic mass is 32.2. The Morgan fingerprint density at radius 1 is 0.535 bits per heavy atom. The molecule has 0 saturated carbocycles. The summed E-state index contributed by atoms with van der Waals surface area (Å²) in [6.45, 7) is 0. The smallest absolute Gasteiger partial charge is 0.398 e. The minimum atomic E-state index is -4.51. The average Bonchev–Trinajstić information content (AvgIpc) is 2.95. The fourth-order valence-electron chi connectivity index (χ4n) is 3.93. The predicted molar refractivity (Wildman–Crippen MR) is 156 cm³/mol. The zero-order valence-electron chi connectivity index (χ0n) is 21.5. The Hall–Kier alpha value is -4.94. The van der Waals surface area contributed by atoms with Crippen LogP contribution in [0.15, 0.2) is 121 Å². The number of rotatable bonds is 6. The second kappa shape index (κ2) is 12.5. The van der Waals surface area contributed by atoms with E-state index in [1.807, 2.05) is 18.2 Å². The zero-order valence-corrected chi connectivity index (χ0v) is 24.0. The Morgan fingerprint density at radius 2 is 0.953 bits per heavy atom. The Kier molecular flexibility index (Phi) is 9.02. The summed E-state index contributed by atoms with van der Waals surface area (Å²) in [5.41, 5.74) is 7.95. The van der Waals surface area contributed by atoms with E-state index in [0.29, 0.717) is 38.6 Å². The maximum atomic E-state index is 11.8. The van der Waals surface area contributed by atoms with Crippen LogP contribution in [0.4, 0.5) is 28.4 Å². The van der Waals surface area contributed by atoms with Gasteiger partial charge in [0.1, 0.15) is 0 Å². The number of azo groups is 2. The van der Waals surface area contributed by atoms with Gasteiger partial charge in [-0.1, -0.05) is 30.3 Å². The van der Waals surface area contributed by atoms with Gasteiger partial charge in [-0.15, -0.1) is 28.0 Å². The van der Waals surface area contributed by atoms with Crippen molar-refractivity contribution >= 4 is 80.8 Å². The van der Waals surface area contributed by atoms with Crippen LogP contribution in [0, 0.1) is 0 Å². The van der Waals surface area contributed by atoms with Gasteiger partial charge in [0.25, 0.3) is 20.2 Å². The topological polar surface area (TPSA) is 235 Å². The molecule has 0 heterocycles. The number of nitrogens with zero attached hydrogens (tertiary/aromatic N) is 4. The summed E-state index contributed by atoms with van der Waals surface area (Å²) in [6.07, 6.45) is 0. The molecule has 0 fully saturated rings. The predicted octanol–water partition coefficient (Wildman–Crippen LogP) is 5.90. The van der Waals surface area contributed by atoms with Gasteiger partial charge in [-0.2, -0.15) is 21.9 Å². The van der Waals surface area contributed by atoms with E-state index in [9.17, 15) is 25.9 Å². The molecule has 5 aromatic rings. The first-order valence-electron chi connectivity index (χ1n) is 11.7. The van der Waals surface area contributed by atoms with Crippen molar-refractivity contribution in [3.8, 4) is 0 Å². The molecule has 5 aromatic carbocycles. The van der Waals surface area contributed by atoms with Gasteiger partial charge in [0.2, 0.25) is 0 Å². The van der Waals surface area contributed by atoms with E-state index in [4.69, 9.17) is 18.4 Å². The highest BCUT2D eigenvalue weighted by Gasteiger charge is 2.15. The summed E-state index contributed by atoms with van der Waals surface area (Å²) in [4.78, 5) is -0.654. The van der Waals surface area contributed by atoms with Crippen LogP contribution in [0.5, 0.6) is 0 Å². The third-order valence-electron chi connectivity index (χ3n) is 5.83. The summed E-state index contributed by atoms with van der Waals surface area (Å²) < 4.78 is 91.1. The van der Waals surface area contributed by atoms with Crippen LogP contribution in [-0.2, 0) is 30.8 Å². The molecule has 4 N–H and O–H groups in total. The fraction of sp³-hybridized carbons (Fsp3) is 0. The fourth-order valence-corrected chi connectivity index (χ4v) is 4.94. The van der Waals surface area contributed by atoms with E-state index in [2.05, 4.69) is 20.5 Å². The van der Waals surface area contributed by atoms with Crippen LogP contribution >= 0.6 is 0 Å². The number of fused-ring (bicyclic) bond motifs is 2. The Morgan fingerprint density at radius 3 is 1.47 bits per heavy atom. The summed E-state index contributed by atoms with van der Waals surface area (Å²) in [7, 11) is -12.1. The van der Waals surface area contributed by atoms with Crippen molar-refractivity contribution in [1.29, 1.82) is 0 Å². The lowest BCUT2D eigenvalue weighted by Gasteiger charge is -2.08. The van der Waals surface area contributed by atoms with E-state index in [0.717, 1.165) is 0 Å².